The average Bonchev–Trinajstić information content (AvgIpc) is 2.66. The largest absolute Gasteiger partial charge is 0.461 e. The van der Waals surface area contributed by atoms with E-state index in [2.05, 4.69) is 24.1 Å². The topological polar surface area (TPSA) is 111 Å². The lowest BCUT2D eigenvalue weighted by Gasteiger charge is -2.35. The minimum atomic E-state index is -1.28. The molecule has 0 radical (unpaired) electrons. The summed E-state index contributed by atoms with van der Waals surface area (Å²) in [4.78, 5) is 14.2. The summed E-state index contributed by atoms with van der Waals surface area (Å²) >= 11 is 0. The van der Waals surface area contributed by atoms with Crippen molar-refractivity contribution in [3.8, 4) is 0 Å². The van der Waals surface area contributed by atoms with Gasteiger partial charge in [-0.05, 0) is 37.4 Å². The van der Waals surface area contributed by atoms with Crippen molar-refractivity contribution >= 4 is 11.7 Å². The van der Waals surface area contributed by atoms with Crippen LogP contribution in [0.25, 0.3) is 0 Å². The lowest BCUT2D eigenvalue weighted by atomic mass is 10.0. The summed E-state index contributed by atoms with van der Waals surface area (Å²) in [5, 5.41) is 32.0. The van der Waals surface area contributed by atoms with Gasteiger partial charge in [-0.15, -0.1) is 0 Å². The van der Waals surface area contributed by atoms with E-state index in [-0.39, 0.29) is 6.61 Å². The first-order valence-corrected chi connectivity index (χ1v) is 8.88. The highest BCUT2D eigenvalue weighted by Gasteiger charge is 2.37. The molecule has 146 valence electrons. The molecule has 1 aliphatic rings. The molecule has 2 rings (SSSR count). The van der Waals surface area contributed by atoms with Crippen LogP contribution in [0, 0.1) is 0 Å². The maximum atomic E-state index is 12.0. The molecule has 0 amide bonds. The van der Waals surface area contributed by atoms with Gasteiger partial charge in [0.05, 0.1) is 12.2 Å². The zero-order valence-electron chi connectivity index (χ0n) is 15.2. The third kappa shape index (κ3) is 5.39. The average molecular weight is 368 g/mol. The minimum absolute atomic E-state index is 0.0765. The molecule has 1 aliphatic heterocycles. The predicted octanol–water partition coefficient (Wildman–Crippen LogP) is 0.0361. The molecule has 1 aromatic rings. The molecule has 1 fully saturated rings. The Kier molecular flexibility index (Phi) is 7.80. The predicted molar refractivity (Wildman–Crippen MR) is 95.9 cm³/mol. The van der Waals surface area contributed by atoms with Crippen molar-refractivity contribution in [1.29, 1.82) is 0 Å². The Morgan fingerprint density at radius 2 is 1.85 bits per heavy atom. The van der Waals surface area contributed by atoms with Crippen LogP contribution >= 0.6 is 0 Å². The molecule has 0 saturated carbocycles. The number of nitrogens with one attached hydrogen (secondary N) is 1. The second-order valence-corrected chi connectivity index (χ2v) is 6.19. The number of ether oxygens (including phenoxy) is 2. The molecule has 26 heavy (non-hydrogen) atoms. The number of esters is 1. The van der Waals surface area contributed by atoms with Gasteiger partial charge in [0, 0.05) is 12.2 Å². The first-order valence-electron chi connectivity index (χ1n) is 8.88. The highest BCUT2D eigenvalue weighted by Crippen LogP contribution is 2.19. The van der Waals surface area contributed by atoms with Gasteiger partial charge < -0.3 is 35.0 Å². The van der Waals surface area contributed by atoms with Crippen molar-refractivity contribution in [2.24, 2.45) is 0 Å². The van der Waals surface area contributed by atoms with Gasteiger partial charge in [-0.2, -0.15) is 0 Å². The summed E-state index contributed by atoms with van der Waals surface area (Å²) in [5.74, 6) is -0.392. The van der Waals surface area contributed by atoms with Gasteiger partial charge in [-0.1, -0.05) is 13.8 Å². The van der Waals surface area contributed by atoms with E-state index in [9.17, 15) is 20.1 Å². The second kappa shape index (κ2) is 9.84. The third-order valence-electron chi connectivity index (χ3n) is 4.47. The van der Waals surface area contributed by atoms with E-state index in [4.69, 9.17) is 9.47 Å². The Morgan fingerprint density at radius 1 is 1.19 bits per heavy atom. The van der Waals surface area contributed by atoms with E-state index in [0.29, 0.717) is 24.4 Å². The molecule has 8 heteroatoms. The van der Waals surface area contributed by atoms with E-state index >= 15 is 0 Å². The van der Waals surface area contributed by atoms with Gasteiger partial charge in [0.1, 0.15) is 24.9 Å². The fourth-order valence-electron chi connectivity index (χ4n) is 2.69. The normalized spacial score (nSPS) is 25.9. The monoisotopic (exact) mass is 368 g/mol. The zero-order valence-corrected chi connectivity index (χ0v) is 15.2. The number of hydrogen-bond donors (Lipinski definition) is 4. The first kappa shape index (κ1) is 20.6. The first-order chi connectivity index (χ1) is 12.5. The van der Waals surface area contributed by atoms with Gasteiger partial charge in [0.2, 0.25) is 0 Å². The number of likely N-dealkylation sites (N-methyl/N-ethyl adjacent to an activating group) is 1. The molecule has 0 unspecified atom stereocenters. The maximum Gasteiger partial charge on any atom is 0.338 e. The van der Waals surface area contributed by atoms with E-state index in [0.717, 1.165) is 13.1 Å². The van der Waals surface area contributed by atoms with Crippen molar-refractivity contribution in [2.75, 3.05) is 38.2 Å². The van der Waals surface area contributed by atoms with Crippen LogP contribution in [-0.2, 0) is 9.47 Å². The second-order valence-electron chi connectivity index (χ2n) is 6.19. The molecule has 4 N–H and O–H groups in total. The molecule has 0 spiro atoms. The van der Waals surface area contributed by atoms with Crippen molar-refractivity contribution in [2.45, 2.75) is 38.4 Å². The number of hydrogen-bond acceptors (Lipinski definition) is 8. The highest BCUT2D eigenvalue weighted by atomic mass is 16.5. The summed E-state index contributed by atoms with van der Waals surface area (Å²) < 4.78 is 10.6. The van der Waals surface area contributed by atoms with Gasteiger partial charge in [-0.25, -0.2) is 4.79 Å². The smallest absolute Gasteiger partial charge is 0.338 e. The van der Waals surface area contributed by atoms with Crippen LogP contribution in [0.2, 0.25) is 0 Å². The quantitative estimate of drug-likeness (QED) is 0.476. The highest BCUT2D eigenvalue weighted by molar-refractivity contribution is 5.89. The van der Waals surface area contributed by atoms with Crippen LogP contribution < -0.4 is 5.32 Å². The Morgan fingerprint density at radius 3 is 2.46 bits per heavy atom. The van der Waals surface area contributed by atoms with Crippen LogP contribution in [0.15, 0.2) is 24.3 Å². The lowest BCUT2D eigenvalue weighted by molar-refractivity contribution is -0.178. The number of aliphatic hydroxyl groups excluding tert-OH is 3. The number of carbonyl (C=O) groups excluding carboxylic acids is 1. The SMILES string of the molecule is CCN(CC)CCOC(=O)c1ccc(N[C@@H]2OC[C@@H](O)[C@@H](O)[C@H]2O)cc1. The van der Waals surface area contributed by atoms with Gasteiger partial charge in [0.25, 0.3) is 0 Å². The van der Waals surface area contributed by atoms with Crippen molar-refractivity contribution < 1.29 is 29.6 Å². The molecule has 1 heterocycles. The number of benzene rings is 1. The van der Waals surface area contributed by atoms with Crippen LogP contribution in [0.3, 0.4) is 0 Å². The zero-order chi connectivity index (χ0) is 19.1. The molecule has 0 aliphatic carbocycles. The molecule has 1 saturated heterocycles. The lowest BCUT2D eigenvalue weighted by Crippen LogP contribution is -2.55. The summed E-state index contributed by atoms with van der Waals surface area (Å²) in [6, 6.07) is 6.55. The van der Waals surface area contributed by atoms with Crippen molar-refractivity contribution in [3.63, 3.8) is 0 Å². The van der Waals surface area contributed by atoms with E-state index < -0.39 is 30.5 Å². The van der Waals surface area contributed by atoms with Crippen LogP contribution in [-0.4, -0.2) is 83.6 Å². The molecule has 1 aromatic carbocycles. The molecule has 8 nitrogen and oxygen atoms in total. The van der Waals surface area contributed by atoms with Crippen molar-refractivity contribution in [3.05, 3.63) is 29.8 Å². The number of rotatable bonds is 8. The van der Waals surface area contributed by atoms with E-state index in [1.54, 1.807) is 24.3 Å². The van der Waals surface area contributed by atoms with E-state index in [1.807, 2.05) is 0 Å². The molecule has 0 bridgehead atoms. The number of nitrogens with zero attached hydrogens (tertiary/aromatic N) is 1. The fraction of sp³-hybridized carbons (Fsp3) is 0.611. The standard InChI is InChI=1S/C18H28N2O6/c1-3-20(4-2)9-10-25-18(24)12-5-7-13(8-6-12)19-17-16(23)15(22)14(21)11-26-17/h5-8,14-17,19,21-23H,3-4,9-11H2,1-2H3/t14-,15-,16-,17-/m1/s1. The maximum absolute atomic E-state index is 12.0. The Hall–Kier alpha value is -1.71. The summed E-state index contributed by atoms with van der Waals surface area (Å²) in [6.45, 7) is 6.90. The molecule has 4 atom stereocenters. The number of aliphatic hydroxyl groups is 3. The molecular weight excluding hydrogens is 340 g/mol. The van der Waals surface area contributed by atoms with Gasteiger partial charge >= 0.3 is 5.97 Å². The summed E-state index contributed by atoms with van der Waals surface area (Å²) in [7, 11) is 0. The van der Waals surface area contributed by atoms with Crippen LogP contribution in [0.5, 0.6) is 0 Å². The number of anilines is 1. The Labute approximate surface area is 153 Å². The van der Waals surface area contributed by atoms with Gasteiger partial charge in [-0.3, -0.25) is 0 Å². The van der Waals surface area contributed by atoms with Crippen LogP contribution in [0.4, 0.5) is 5.69 Å². The van der Waals surface area contributed by atoms with E-state index in [1.165, 1.54) is 0 Å². The Bertz CT molecular complexity index is 563. The third-order valence-corrected chi connectivity index (χ3v) is 4.47. The Balaban J connectivity index is 1.85. The summed E-state index contributed by atoms with van der Waals surface area (Å²) in [5.41, 5.74) is 1.04. The number of carbonyl (C=O) groups is 1. The molecular formula is C18H28N2O6. The van der Waals surface area contributed by atoms with Crippen molar-refractivity contribution in [1.82, 2.24) is 4.90 Å². The fourth-order valence-corrected chi connectivity index (χ4v) is 2.69. The molecule has 0 aromatic heterocycles. The summed E-state index contributed by atoms with van der Waals surface area (Å²) in [6.07, 6.45) is -4.50. The minimum Gasteiger partial charge on any atom is -0.461 e. The van der Waals surface area contributed by atoms with Gasteiger partial charge in [0.15, 0.2) is 6.23 Å². The van der Waals surface area contributed by atoms with Crippen LogP contribution in [0.1, 0.15) is 24.2 Å².